The normalized spacial score (nSPS) is 17.2. The fraction of sp³-hybridized carbons (Fsp3) is 0.240. The van der Waals surface area contributed by atoms with Gasteiger partial charge >= 0.3 is 0 Å². The van der Waals surface area contributed by atoms with Crippen molar-refractivity contribution in [2.45, 2.75) is 0 Å². The summed E-state index contributed by atoms with van der Waals surface area (Å²) in [5.41, 5.74) is 1.79. The molecule has 1 aliphatic carbocycles. The number of hydrogen-bond donors (Lipinski definition) is 1. The molecule has 2 aliphatic rings. The minimum atomic E-state index is -0.447. The van der Waals surface area contributed by atoms with Gasteiger partial charge in [0.1, 0.15) is 5.69 Å². The van der Waals surface area contributed by atoms with Gasteiger partial charge in [0.2, 0.25) is 11.5 Å². The molecule has 1 amide bonds. The van der Waals surface area contributed by atoms with Gasteiger partial charge < -0.3 is 24.1 Å². The highest BCUT2D eigenvalue weighted by molar-refractivity contribution is 6.29. The molecular formula is C25H21ClN2O6. The monoisotopic (exact) mass is 480 g/mol. The maximum atomic E-state index is 13.7. The lowest BCUT2D eigenvalue weighted by molar-refractivity contribution is 0.0774. The van der Waals surface area contributed by atoms with Crippen LogP contribution in [-0.4, -0.2) is 61.1 Å². The molecule has 2 heterocycles. The van der Waals surface area contributed by atoms with Crippen molar-refractivity contribution in [3.05, 3.63) is 64.5 Å². The van der Waals surface area contributed by atoms with E-state index < -0.39 is 11.8 Å². The first kappa shape index (κ1) is 22.0. The van der Waals surface area contributed by atoms with Gasteiger partial charge in [0.05, 0.1) is 32.5 Å². The average molecular weight is 481 g/mol. The van der Waals surface area contributed by atoms with Crippen LogP contribution in [0.3, 0.4) is 0 Å². The highest BCUT2D eigenvalue weighted by Crippen LogP contribution is 2.44. The van der Waals surface area contributed by atoms with E-state index in [0.717, 1.165) is 0 Å². The van der Waals surface area contributed by atoms with Crippen molar-refractivity contribution in [2.75, 3.05) is 33.8 Å². The Morgan fingerprint density at radius 3 is 2.32 bits per heavy atom. The summed E-state index contributed by atoms with van der Waals surface area (Å²) in [7, 11) is 4.50. The summed E-state index contributed by atoms with van der Waals surface area (Å²) in [6, 6.07) is 10.0. The van der Waals surface area contributed by atoms with Crippen LogP contribution in [0.2, 0.25) is 0 Å². The maximum absolute atomic E-state index is 13.7. The number of carbonyl (C=O) groups excluding carboxylic acids is 3. The standard InChI is InChI=1S/C25H21ClN2O6/c1-32-17-9-12-8-16(27-19(12)24(34-3)23(17)33-2)25(31)28-11-13(10-26)18-20(28)22(30)15-7-5-4-6-14(15)21(18)29/h4-9,13,27H,10-11H2,1-3H3/t13-/m1/s1. The van der Waals surface area contributed by atoms with Crippen molar-refractivity contribution in [3.63, 3.8) is 0 Å². The number of nitrogens with one attached hydrogen (secondary N) is 1. The molecule has 9 heteroatoms. The number of benzene rings is 2. The summed E-state index contributed by atoms with van der Waals surface area (Å²) < 4.78 is 16.3. The van der Waals surface area contributed by atoms with E-state index in [-0.39, 0.29) is 40.9 Å². The lowest BCUT2D eigenvalue weighted by Gasteiger charge is -2.22. The lowest BCUT2D eigenvalue weighted by atomic mass is 9.84. The Labute approximate surface area is 200 Å². The number of allylic oxidation sites excluding steroid dienone is 1. The number of hydrogen-bond acceptors (Lipinski definition) is 6. The summed E-state index contributed by atoms with van der Waals surface area (Å²) >= 11 is 6.17. The molecule has 2 aromatic carbocycles. The van der Waals surface area contributed by atoms with Crippen LogP contribution in [0.5, 0.6) is 17.2 Å². The smallest absolute Gasteiger partial charge is 0.274 e. The fourth-order valence-corrected chi connectivity index (χ4v) is 5.00. The Balaban J connectivity index is 1.62. The van der Waals surface area contributed by atoms with E-state index in [1.54, 1.807) is 36.4 Å². The summed E-state index contributed by atoms with van der Waals surface area (Å²) in [6.07, 6.45) is 0. The molecule has 0 radical (unpaired) electrons. The largest absolute Gasteiger partial charge is 0.493 e. The highest BCUT2D eigenvalue weighted by Gasteiger charge is 2.45. The van der Waals surface area contributed by atoms with E-state index in [0.29, 0.717) is 39.3 Å². The number of nitrogens with zero attached hydrogens (tertiary/aromatic N) is 1. The molecule has 0 saturated carbocycles. The average Bonchev–Trinajstić information content (AvgIpc) is 3.47. The summed E-state index contributed by atoms with van der Waals surface area (Å²) in [5.74, 6) is -0.185. The number of alkyl halides is 1. The summed E-state index contributed by atoms with van der Waals surface area (Å²) in [5, 5.41) is 0.663. The van der Waals surface area contributed by atoms with Crippen LogP contribution in [-0.2, 0) is 0 Å². The molecule has 3 aromatic rings. The van der Waals surface area contributed by atoms with Gasteiger partial charge in [0, 0.05) is 40.4 Å². The number of aromatic amines is 1. The Morgan fingerprint density at radius 2 is 1.71 bits per heavy atom. The fourth-order valence-electron chi connectivity index (χ4n) is 4.75. The SMILES string of the molecule is COc1cc2cc(C(=O)N3C[C@@H](CCl)C4=C3C(=O)c3ccccc3C4=O)[nH]c2c(OC)c1OC. The van der Waals surface area contributed by atoms with Gasteiger partial charge in [0.25, 0.3) is 5.91 Å². The second-order valence-corrected chi connectivity index (χ2v) is 8.33. The highest BCUT2D eigenvalue weighted by atomic mass is 35.5. The molecule has 34 heavy (non-hydrogen) atoms. The van der Waals surface area contributed by atoms with Crippen molar-refractivity contribution in [1.29, 1.82) is 0 Å². The number of ether oxygens (including phenoxy) is 3. The number of carbonyl (C=O) groups is 3. The van der Waals surface area contributed by atoms with Crippen LogP contribution in [0, 0.1) is 5.92 Å². The molecule has 0 spiro atoms. The van der Waals surface area contributed by atoms with Gasteiger partial charge in [-0.1, -0.05) is 24.3 Å². The number of aromatic nitrogens is 1. The summed E-state index contributed by atoms with van der Waals surface area (Å²) in [4.78, 5) is 44.7. The van der Waals surface area contributed by atoms with Gasteiger partial charge in [-0.3, -0.25) is 14.4 Å². The van der Waals surface area contributed by atoms with Crippen molar-refractivity contribution < 1.29 is 28.6 Å². The number of halogens is 1. The molecule has 174 valence electrons. The van der Waals surface area contributed by atoms with Gasteiger partial charge in [-0.15, -0.1) is 11.6 Å². The Kier molecular flexibility index (Phi) is 5.32. The van der Waals surface area contributed by atoms with Crippen molar-refractivity contribution in [2.24, 2.45) is 5.92 Å². The van der Waals surface area contributed by atoms with Gasteiger partial charge in [-0.25, -0.2) is 0 Å². The zero-order chi connectivity index (χ0) is 24.1. The molecule has 1 aromatic heterocycles. The van der Waals surface area contributed by atoms with E-state index in [1.165, 1.54) is 26.2 Å². The van der Waals surface area contributed by atoms with Crippen molar-refractivity contribution in [3.8, 4) is 17.2 Å². The Hall–Kier alpha value is -3.78. The molecule has 8 nitrogen and oxygen atoms in total. The second kappa shape index (κ2) is 8.22. The number of rotatable bonds is 5. The molecule has 0 fully saturated rings. The third-order valence-corrected chi connectivity index (χ3v) is 6.67. The lowest BCUT2D eigenvalue weighted by Crippen LogP contribution is -2.34. The van der Waals surface area contributed by atoms with E-state index in [9.17, 15) is 14.4 Å². The van der Waals surface area contributed by atoms with Crippen molar-refractivity contribution in [1.82, 2.24) is 9.88 Å². The van der Waals surface area contributed by atoms with E-state index in [4.69, 9.17) is 25.8 Å². The number of Topliss-reactive ketones (excluding diaryl/α,β-unsaturated/α-hetero) is 2. The number of ketones is 2. The van der Waals surface area contributed by atoms with E-state index in [1.807, 2.05) is 0 Å². The zero-order valence-corrected chi connectivity index (χ0v) is 19.5. The second-order valence-electron chi connectivity index (χ2n) is 8.03. The zero-order valence-electron chi connectivity index (χ0n) is 18.7. The topological polar surface area (TPSA) is 97.9 Å². The number of methoxy groups -OCH3 is 3. The Morgan fingerprint density at radius 1 is 1.03 bits per heavy atom. The van der Waals surface area contributed by atoms with Gasteiger partial charge in [-0.05, 0) is 12.1 Å². The molecule has 1 aliphatic heterocycles. The minimum Gasteiger partial charge on any atom is -0.493 e. The quantitative estimate of drug-likeness (QED) is 0.557. The first-order valence-electron chi connectivity index (χ1n) is 10.6. The molecule has 1 atom stereocenters. The molecule has 5 rings (SSSR count). The summed E-state index contributed by atoms with van der Waals surface area (Å²) in [6.45, 7) is 0.137. The third-order valence-electron chi connectivity index (χ3n) is 6.29. The van der Waals surface area contributed by atoms with Crippen LogP contribution in [0.1, 0.15) is 31.2 Å². The minimum absolute atomic E-state index is 0.0973. The predicted molar refractivity (Wildman–Crippen MR) is 125 cm³/mol. The molecule has 0 bridgehead atoms. The van der Waals surface area contributed by atoms with Gasteiger partial charge in [-0.2, -0.15) is 0 Å². The first-order valence-corrected chi connectivity index (χ1v) is 11.1. The van der Waals surface area contributed by atoms with E-state index >= 15 is 0 Å². The molecular weight excluding hydrogens is 460 g/mol. The Bertz CT molecular complexity index is 1410. The molecule has 1 N–H and O–H groups in total. The van der Waals surface area contributed by atoms with Crippen molar-refractivity contribution >= 4 is 40.0 Å². The van der Waals surface area contributed by atoms with Crippen LogP contribution < -0.4 is 14.2 Å². The maximum Gasteiger partial charge on any atom is 0.274 e. The van der Waals surface area contributed by atoms with Gasteiger partial charge in [0.15, 0.2) is 17.3 Å². The van der Waals surface area contributed by atoms with Crippen LogP contribution in [0.25, 0.3) is 10.9 Å². The van der Waals surface area contributed by atoms with Crippen LogP contribution in [0.4, 0.5) is 0 Å². The number of fused-ring (bicyclic) bond motifs is 2. The predicted octanol–water partition coefficient (Wildman–Crippen LogP) is 3.84. The van der Waals surface area contributed by atoms with Crippen LogP contribution in [0.15, 0.2) is 47.7 Å². The third kappa shape index (κ3) is 3.02. The molecule has 0 unspecified atom stereocenters. The van der Waals surface area contributed by atoms with Crippen LogP contribution >= 0.6 is 11.6 Å². The number of H-pyrrole nitrogens is 1. The number of amides is 1. The van der Waals surface area contributed by atoms with E-state index in [2.05, 4.69) is 4.98 Å². The molecule has 0 saturated heterocycles. The first-order chi connectivity index (χ1) is 16.4.